The fourth-order valence-electron chi connectivity index (χ4n) is 1.82. The van der Waals surface area contributed by atoms with Crippen LogP contribution in [0.2, 0.25) is 18.1 Å². The summed E-state index contributed by atoms with van der Waals surface area (Å²) in [5, 5.41) is 0.218. The van der Waals surface area contributed by atoms with Crippen LogP contribution in [0.3, 0.4) is 0 Å². The summed E-state index contributed by atoms with van der Waals surface area (Å²) < 4.78 is 33.1. The van der Waals surface area contributed by atoms with E-state index in [9.17, 15) is 8.42 Å². The van der Waals surface area contributed by atoms with Gasteiger partial charge in [0, 0.05) is 6.61 Å². The van der Waals surface area contributed by atoms with Gasteiger partial charge in [0.25, 0.3) is 10.1 Å². The maximum atomic E-state index is 11.0. The highest BCUT2D eigenvalue weighted by Gasteiger charge is 2.39. The van der Waals surface area contributed by atoms with Crippen LogP contribution in [-0.2, 0) is 18.7 Å². The van der Waals surface area contributed by atoms with Crippen molar-refractivity contribution in [2.24, 2.45) is 11.8 Å². The lowest BCUT2D eigenvalue weighted by Crippen LogP contribution is -2.44. The molecule has 1 rings (SSSR count). The summed E-state index contributed by atoms with van der Waals surface area (Å²) in [4.78, 5) is 0. The van der Waals surface area contributed by atoms with Gasteiger partial charge in [-0.15, -0.1) is 0 Å². The third kappa shape index (κ3) is 5.17. The SMILES string of the molecule is CC(C)(C)[Si](C)(C)OC[C@@H]1CC[C@H]1COS(C)(=O)=O. The van der Waals surface area contributed by atoms with Crippen molar-refractivity contribution in [2.75, 3.05) is 19.5 Å². The number of hydrogen-bond donors (Lipinski definition) is 0. The summed E-state index contributed by atoms with van der Waals surface area (Å²) in [6, 6.07) is 0. The first-order valence-electron chi connectivity index (χ1n) is 6.91. The zero-order valence-electron chi connectivity index (χ0n) is 13.0. The Bertz CT molecular complexity index is 397. The van der Waals surface area contributed by atoms with Crippen LogP contribution in [0.1, 0.15) is 33.6 Å². The molecule has 1 aliphatic rings. The van der Waals surface area contributed by atoms with E-state index in [2.05, 4.69) is 33.9 Å². The average molecular weight is 309 g/mol. The van der Waals surface area contributed by atoms with E-state index in [1.807, 2.05) is 0 Å². The van der Waals surface area contributed by atoms with Crippen LogP contribution in [-0.4, -0.2) is 36.2 Å². The predicted molar refractivity (Wildman–Crippen MR) is 80.2 cm³/mol. The van der Waals surface area contributed by atoms with Crippen LogP contribution < -0.4 is 0 Å². The Morgan fingerprint density at radius 1 is 1.11 bits per heavy atom. The molecule has 114 valence electrons. The summed E-state index contributed by atoms with van der Waals surface area (Å²) in [5.41, 5.74) is 0. The van der Waals surface area contributed by atoms with E-state index in [1.54, 1.807) is 0 Å². The lowest BCUT2D eigenvalue weighted by molar-refractivity contribution is 0.0602. The highest BCUT2D eigenvalue weighted by molar-refractivity contribution is 7.85. The third-order valence-electron chi connectivity index (χ3n) is 4.54. The van der Waals surface area contributed by atoms with E-state index in [0.717, 1.165) is 25.7 Å². The molecule has 19 heavy (non-hydrogen) atoms. The molecule has 1 saturated carbocycles. The molecular formula is C13H28O4SSi. The van der Waals surface area contributed by atoms with Crippen molar-refractivity contribution in [3.05, 3.63) is 0 Å². The molecule has 0 aromatic heterocycles. The van der Waals surface area contributed by atoms with Gasteiger partial charge in [-0.3, -0.25) is 4.18 Å². The summed E-state index contributed by atoms with van der Waals surface area (Å²) in [7, 11) is -5.02. The third-order valence-corrected chi connectivity index (χ3v) is 9.60. The minimum absolute atomic E-state index is 0.218. The molecule has 0 N–H and O–H groups in total. The molecule has 1 fully saturated rings. The minimum Gasteiger partial charge on any atom is -0.417 e. The van der Waals surface area contributed by atoms with Crippen LogP contribution in [0.25, 0.3) is 0 Å². The second-order valence-corrected chi connectivity index (χ2v) is 13.6. The van der Waals surface area contributed by atoms with Crippen LogP contribution >= 0.6 is 0 Å². The molecular weight excluding hydrogens is 280 g/mol. The van der Waals surface area contributed by atoms with Crippen molar-refractivity contribution < 1.29 is 17.0 Å². The molecule has 1 aliphatic carbocycles. The van der Waals surface area contributed by atoms with Gasteiger partial charge in [-0.1, -0.05) is 20.8 Å². The Morgan fingerprint density at radius 3 is 1.95 bits per heavy atom. The summed E-state index contributed by atoms with van der Waals surface area (Å²) in [6.45, 7) is 12.2. The van der Waals surface area contributed by atoms with Crippen LogP contribution in [0, 0.1) is 11.8 Å². The van der Waals surface area contributed by atoms with Crippen molar-refractivity contribution >= 4 is 18.4 Å². The quantitative estimate of drug-likeness (QED) is 0.559. The zero-order chi connectivity index (χ0) is 14.9. The average Bonchev–Trinajstić information content (AvgIpc) is 2.12. The van der Waals surface area contributed by atoms with Gasteiger partial charge in [0.15, 0.2) is 8.32 Å². The van der Waals surface area contributed by atoms with Gasteiger partial charge >= 0.3 is 0 Å². The van der Waals surface area contributed by atoms with Crippen molar-refractivity contribution in [1.82, 2.24) is 0 Å². The van der Waals surface area contributed by atoms with E-state index < -0.39 is 18.4 Å². The van der Waals surface area contributed by atoms with E-state index in [0.29, 0.717) is 18.4 Å². The normalized spacial score (nSPS) is 25.2. The second-order valence-electron chi connectivity index (χ2n) is 7.16. The minimum atomic E-state index is -3.32. The summed E-state index contributed by atoms with van der Waals surface area (Å²) in [6.07, 6.45) is 3.26. The highest BCUT2D eigenvalue weighted by atomic mass is 32.2. The lowest BCUT2D eigenvalue weighted by Gasteiger charge is -2.41. The maximum Gasteiger partial charge on any atom is 0.264 e. The van der Waals surface area contributed by atoms with E-state index in [4.69, 9.17) is 8.61 Å². The molecule has 0 radical (unpaired) electrons. The number of rotatable bonds is 6. The van der Waals surface area contributed by atoms with Crippen LogP contribution in [0.4, 0.5) is 0 Å². The molecule has 0 saturated heterocycles. The Morgan fingerprint density at radius 2 is 1.58 bits per heavy atom. The topological polar surface area (TPSA) is 52.6 Å². The predicted octanol–water partition coefficient (Wildman–Crippen LogP) is 3.01. The van der Waals surface area contributed by atoms with Crippen molar-refractivity contribution in [3.8, 4) is 0 Å². The molecule has 0 aliphatic heterocycles. The molecule has 0 heterocycles. The van der Waals surface area contributed by atoms with Crippen LogP contribution in [0.5, 0.6) is 0 Å². The van der Waals surface area contributed by atoms with Gasteiger partial charge in [0.05, 0.1) is 12.9 Å². The van der Waals surface area contributed by atoms with Gasteiger partial charge in [0.2, 0.25) is 0 Å². The molecule has 4 nitrogen and oxygen atoms in total. The van der Waals surface area contributed by atoms with Crippen molar-refractivity contribution in [3.63, 3.8) is 0 Å². The summed E-state index contributed by atoms with van der Waals surface area (Å²) >= 11 is 0. The standard InChI is InChI=1S/C13H28O4SSi/c1-13(2,3)19(5,6)17-10-12-8-7-11(12)9-16-18(4,14)15/h11-12H,7-10H2,1-6H3/t11-,12-/m0/s1. The number of hydrogen-bond acceptors (Lipinski definition) is 4. The maximum absolute atomic E-state index is 11.0. The zero-order valence-corrected chi connectivity index (χ0v) is 14.8. The van der Waals surface area contributed by atoms with Gasteiger partial charge in [-0.05, 0) is 42.8 Å². The van der Waals surface area contributed by atoms with E-state index in [-0.39, 0.29) is 5.04 Å². The van der Waals surface area contributed by atoms with E-state index >= 15 is 0 Å². The molecule has 2 atom stereocenters. The first kappa shape index (κ1) is 17.1. The molecule has 0 aromatic rings. The Labute approximate surface area is 119 Å². The molecule has 0 amide bonds. The fourth-order valence-corrected chi connectivity index (χ4v) is 3.31. The molecule has 0 unspecified atom stereocenters. The largest absolute Gasteiger partial charge is 0.417 e. The second kappa shape index (κ2) is 5.83. The van der Waals surface area contributed by atoms with Gasteiger partial charge in [-0.2, -0.15) is 8.42 Å². The molecule has 0 bridgehead atoms. The Hall–Kier alpha value is 0.0869. The van der Waals surface area contributed by atoms with Crippen molar-refractivity contribution in [2.45, 2.75) is 51.7 Å². The molecule has 0 spiro atoms. The highest BCUT2D eigenvalue weighted by Crippen LogP contribution is 2.40. The lowest BCUT2D eigenvalue weighted by atomic mass is 9.75. The smallest absolute Gasteiger partial charge is 0.264 e. The van der Waals surface area contributed by atoms with Crippen LogP contribution in [0.15, 0.2) is 0 Å². The van der Waals surface area contributed by atoms with Gasteiger partial charge in [0.1, 0.15) is 0 Å². The molecule has 0 aromatic carbocycles. The van der Waals surface area contributed by atoms with Gasteiger partial charge < -0.3 is 4.43 Å². The first-order valence-corrected chi connectivity index (χ1v) is 11.6. The van der Waals surface area contributed by atoms with Gasteiger partial charge in [-0.25, -0.2) is 0 Å². The fraction of sp³-hybridized carbons (Fsp3) is 1.00. The van der Waals surface area contributed by atoms with Crippen molar-refractivity contribution in [1.29, 1.82) is 0 Å². The molecule has 6 heteroatoms. The Kier molecular flexibility index (Phi) is 5.26. The first-order chi connectivity index (χ1) is 8.42. The van der Waals surface area contributed by atoms with E-state index in [1.165, 1.54) is 0 Å². The Balaban J connectivity index is 2.39. The summed E-state index contributed by atoms with van der Waals surface area (Å²) in [5.74, 6) is 0.787. The monoisotopic (exact) mass is 308 g/mol.